The molecule has 9 heteroatoms. The van der Waals surface area contributed by atoms with Crippen LogP contribution < -0.4 is 5.32 Å². The van der Waals surface area contributed by atoms with Crippen LogP contribution in [-0.2, 0) is 4.74 Å². The molecule has 0 spiro atoms. The van der Waals surface area contributed by atoms with E-state index in [9.17, 15) is 9.59 Å². The number of nitrogens with zero attached hydrogens (tertiary/aromatic N) is 2. The third-order valence-electron chi connectivity index (χ3n) is 4.78. The number of carbonyl (C=O) groups is 2. The Morgan fingerprint density at radius 2 is 1.97 bits per heavy atom. The number of aromatic amines is 1. The largest absolute Gasteiger partial charge is 0.382 e. The quantitative estimate of drug-likeness (QED) is 0.357. The first-order valence-electron chi connectivity index (χ1n) is 11.8. The van der Waals surface area contributed by atoms with Crippen molar-refractivity contribution in [2.45, 2.75) is 33.7 Å². The van der Waals surface area contributed by atoms with Gasteiger partial charge in [0.2, 0.25) is 0 Å². The molecule has 3 rings (SSSR count). The molecular formula is C27H34BrClN4O3. The zero-order valence-electron chi connectivity index (χ0n) is 21.4. The van der Waals surface area contributed by atoms with Crippen molar-refractivity contribution >= 4 is 51.5 Å². The van der Waals surface area contributed by atoms with Gasteiger partial charge in [0.25, 0.3) is 11.8 Å². The Morgan fingerprint density at radius 3 is 2.53 bits per heavy atom. The maximum absolute atomic E-state index is 12.9. The predicted octanol–water partition coefficient (Wildman–Crippen LogP) is 6.36. The van der Waals surface area contributed by atoms with Crippen LogP contribution in [0, 0.1) is 0 Å². The number of rotatable bonds is 8. The minimum atomic E-state index is -0.532. The van der Waals surface area contributed by atoms with E-state index in [0.717, 1.165) is 0 Å². The summed E-state index contributed by atoms with van der Waals surface area (Å²) in [7, 11) is 1.54. The lowest BCUT2D eigenvalue weighted by molar-refractivity contribution is 0.0786. The van der Waals surface area contributed by atoms with Gasteiger partial charge in [-0.05, 0) is 58.4 Å². The minimum absolute atomic E-state index is 0.123. The van der Waals surface area contributed by atoms with E-state index < -0.39 is 6.04 Å². The number of ether oxygens (including phenoxy) is 1. The van der Waals surface area contributed by atoms with Gasteiger partial charge in [0.1, 0.15) is 11.9 Å². The SMILES string of the molecule is C=Cc1nc(C(COC)NC(=O)c2ccc(C(=O)N3CC=C=CC3)c(Br)c2)[nH]c1/C=C/Cl.CC.CC. The van der Waals surface area contributed by atoms with E-state index in [1.165, 1.54) is 12.6 Å². The molecule has 1 aliphatic rings. The van der Waals surface area contributed by atoms with Crippen molar-refractivity contribution in [3.63, 3.8) is 0 Å². The summed E-state index contributed by atoms with van der Waals surface area (Å²) in [5.41, 5.74) is 6.50. The van der Waals surface area contributed by atoms with Gasteiger partial charge in [0.15, 0.2) is 0 Å². The molecule has 0 fully saturated rings. The van der Waals surface area contributed by atoms with Crippen LogP contribution in [0.25, 0.3) is 12.2 Å². The summed E-state index contributed by atoms with van der Waals surface area (Å²) in [5.74, 6) is 0.0565. The third-order valence-corrected chi connectivity index (χ3v) is 5.56. The van der Waals surface area contributed by atoms with Gasteiger partial charge >= 0.3 is 0 Å². The Bertz CT molecular complexity index is 1110. The third kappa shape index (κ3) is 8.35. The Morgan fingerprint density at radius 1 is 1.31 bits per heavy atom. The summed E-state index contributed by atoms with van der Waals surface area (Å²) in [5, 5.41) is 2.91. The number of amides is 2. The highest BCUT2D eigenvalue weighted by atomic mass is 79.9. The van der Waals surface area contributed by atoms with Crippen LogP contribution in [-0.4, -0.2) is 53.5 Å². The molecule has 7 nitrogen and oxygen atoms in total. The van der Waals surface area contributed by atoms with Gasteiger partial charge in [0, 0.05) is 35.8 Å². The van der Waals surface area contributed by atoms with Gasteiger partial charge in [-0.25, -0.2) is 4.98 Å². The van der Waals surface area contributed by atoms with Crippen molar-refractivity contribution < 1.29 is 14.3 Å². The number of methoxy groups -OCH3 is 1. The van der Waals surface area contributed by atoms with Crippen LogP contribution in [0.3, 0.4) is 0 Å². The van der Waals surface area contributed by atoms with E-state index in [1.807, 2.05) is 27.7 Å². The van der Waals surface area contributed by atoms with E-state index in [-0.39, 0.29) is 18.4 Å². The molecule has 1 aromatic carbocycles. The average Bonchev–Trinajstić information content (AvgIpc) is 3.34. The van der Waals surface area contributed by atoms with Gasteiger partial charge in [-0.1, -0.05) is 45.9 Å². The molecule has 0 radical (unpaired) electrons. The fourth-order valence-electron chi connectivity index (χ4n) is 3.18. The molecule has 2 heterocycles. The number of H-pyrrole nitrogens is 1. The molecule has 0 saturated carbocycles. The van der Waals surface area contributed by atoms with Crippen LogP contribution in [0.4, 0.5) is 0 Å². The number of nitrogens with one attached hydrogen (secondary N) is 2. The summed E-state index contributed by atoms with van der Waals surface area (Å²) in [6.07, 6.45) is 6.85. The van der Waals surface area contributed by atoms with Crippen molar-refractivity contribution in [2.75, 3.05) is 26.8 Å². The lowest BCUT2D eigenvalue weighted by Gasteiger charge is -2.21. The lowest BCUT2D eigenvalue weighted by Crippen LogP contribution is -2.33. The summed E-state index contributed by atoms with van der Waals surface area (Å²) in [4.78, 5) is 35.0. The van der Waals surface area contributed by atoms with Gasteiger partial charge < -0.3 is 19.9 Å². The number of benzene rings is 1. The van der Waals surface area contributed by atoms with E-state index in [0.29, 0.717) is 45.9 Å². The second-order valence-electron chi connectivity index (χ2n) is 6.88. The van der Waals surface area contributed by atoms with E-state index in [1.54, 1.807) is 47.4 Å². The molecule has 2 aromatic rings. The van der Waals surface area contributed by atoms with Crippen LogP contribution in [0.2, 0.25) is 0 Å². The highest BCUT2D eigenvalue weighted by Crippen LogP contribution is 2.22. The first-order chi connectivity index (χ1) is 17.5. The zero-order valence-corrected chi connectivity index (χ0v) is 23.7. The van der Waals surface area contributed by atoms with E-state index in [4.69, 9.17) is 16.3 Å². The topological polar surface area (TPSA) is 87.3 Å². The number of carbonyl (C=O) groups excluding carboxylic acids is 2. The molecular weight excluding hydrogens is 544 g/mol. The van der Waals surface area contributed by atoms with Gasteiger partial charge in [-0.2, -0.15) is 0 Å². The van der Waals surface area contributed by atoms with Crippen molar-refractivity contribution in [3.05, 3.63) is 81.0 Å². The van der Waals surface area contributed by atoms with Gasteiger partial charge in [-0.3, -0.25) is 9.59 Å². The maximum atomic E-state index is 12.9. The number of aromatic nitrogens is 2. The molecule has 1 aromatic heterocycles. The average molecular weight is 578 g/mol. The second-order valence-corrected chi connectivity index (χ2v) is 7.99. The fourth-order valence-corrected chi connectivity index (χ4v) is 3.85. The van der Waals surface area contributed by atoms with E-state index >= 15 is 0 Å². The minimum Gasteiger partial charge on any atom is -0.382 e. The first-order valence-corrected chi connectivity index (χ1v) is 13.0. The molecule has 1 atom stereocenters. The summed E-state index contributed by atoms with van der Waals surface area (Å²) < 4.78 is 5.80. The van der Waals surface area contributed by atoms with Crippen LogP contribution in [0.5, 0.6) is 0 Å². The zero-order chi connectivity index (χ0) is 27.1. The smallest absolute Gasteiger partial charge is 0.255 e. The second kappa shape index (κ2) is 16.7. The molecule has 194 valence electrons. The number of halogens is 2. The predicted molar refractivity (Wildman–Crippen MR) is 151 cm³/mol. The van der Waals surface area contributed by atoms with Gasteiger partial charge in [0.05, 0.1) is 23.6 Å². The molecule has 1 aliphatic heterocycles. The number of hydrogen-bond donors (Lipinski definition) is 2. The maximum Gasteiger partial charge on any atom is 0.255 e. The monoisotopic (exact) mass is 576 g/mol. The molecule has 0 saturated heterocycles. The highest BCUT2D eigenvalue weighted by molar-refractivity contribution is 9.10. The molecule has 2 N–H and O–H groups in total. The molecule has 0 aliphatic carbocycles. The summed E-state index contributed by atoms with van der Waals surface area (Å²) in [6.45, 7) is 12.9. The Kier molecular flexibility index (Phi) is 14.5. The Balaban J connectivity index is 0.00000154. The highest BCUT2D eigenvalue weighted by Gasteiger charge is 2.22. The van der Waals surface area contributed by atoms with Gasteiger partial charge in [-0.15, -0.1) is 5.73 Å². The molecule has 2 amide bonds. The van der Waals surface area contributed by atoms with Crippen molar-refractivity contribution in [2.24, 2.45) is 0 Å². The molecule has 36 heavy (non-hydrogen) atoms. The summed E-state index contributed by atoms with van der Waals surface area (Å²) >= 11 is 9.11. The molecule has 1 unspecified atom stereocenters. The van der Waals surface area contributed by atoms with Crippen molar-refractivity contribution in [1.82, 2.24) is 20.2 Å². The number of imidazole rings is 1. The normalized spacial score (nSPS) is 12.8. The Hall–Kier alpha value is -2.90. The summed E-state index contributed by atoms with van der Waals surface area (Å²) in [6, 6.07) is 4.35. The van der Waals surface area contributed by atoms with E-state index in [2.05, 4.69) is 43.5 Å². The van der Waals surface area contributed by atoms with Crippen LogP contribution in [0.15, 0.2) is 52.7 Å². The standard InChI is InChI=1S/C23H22BrClN4O3.2C2H6/c1-3-18-19(9-10-25)27-21(26-18)20(14-32-2)28-22(30)15-7-8-16(17(24)13-15)23(31)29-11-5-4-6-12-29;2*1-2/h3,5-10,13,20H,1,11-12,14H2,2H3,(H,26,27)(H,28,30);2*1-2H3/b10-9+;;. The van der Waals surface area contributed by atoms with Crippen LogP contribution in [0.1, 0.15) is 71.7 Å². The fraction of sp³-hybridized carbons (Fsp3) is 0.333. The first kappa shape index (κ1) is 31.1. The van der Waals surface area contributed by atoms with Crippen molar-refractivity contribution in [1.29, 1.82) is 0 Å². The number of hydrogen-bond acceptors (Lipinski definition) is 4. The lowest BCUT2D eigenvalue weighted by atomic mass is 10.1. The molecule has 0 bridgehead atoms. The Labute approximate surface area is 227 Å². The van der Waals surface area contributed by atoms with Crippen LogP contribution >= 0.6 is 27.5 Å². The van der Waals surface area contributed by atoms with Crippen molar-refractivity contribution in [3.8, 4) is 0 Å².